The fourth-order valence-corrected chi connectivity index (χ4v) is 3.84. The first-order chi connectivity index (χ1) is 12.5. The topological polar surface area (TPSA) is 96.8 Å². The van der Waals surface area contributed by atoms with Crippen LogP contribution in [0.4, 0.5) is 21.8 Å². The van der Waals surface area contributed by atoms with Gasteiger partial charge >= 0.3 is 0 Å². The Morgan fingerprint density at radius 1 is 1.31 bits per heavy atom. The summed E-state index contributed by atoms with van der Waals surface area (Å²) in [6, 6.07) is -0.194. The van der Waals surface area contributed by atoms with Gasteiger partial charge in [-0.15, -0.1) is 0 Å². The van der Waals surface area contributed by atoms with Crippen molar-refractivity contribution in [3.8, 4) is 0 Å². The first-order valence-corrected chi connectivity index (χ1v) is 8.50. The van der Waals surface area contributed by atoms with Crippen LogP contribution in [-0.2, 0) is 11.8 Å². The molecule has 136 valence electrons. The van der Waals surface area contributed by atoms with Crippen LogP contribution in [0.15, 0.2) is 30.7 Å². The Morgan fingerprint density at radius 3 is 2.85 bits per heavy atom. The number of carbonyl (C=O) groups is 1. The molecule has 2 bridgehead atoms. The van der Waals surface area contributed by atoms with Gasteiger partial charge in [-0.3, -0.25) is 9.48 Å². The lowest BCUT2D eigenvalue weighted by Gasteiger charge is -2.28. The molecule has 2 aliphatic rings. The molecule has 0 saturated heterocycles. The molecule has 0 aromatic carbocycles. The Balaban J connectivity index is 1.56. The van der Waals surface area contributed by atoms with Crippen molar-refractivity contribution < 1.29 is 9.18 Å². The summed E-state index contributed by atoms with van der Waals surface area (Å²) < 4.78 is 15.9. The van der Waals surface area contributed by atoms with E-state index in [4.69, 9.17) is 0 Å². The largest absolute Gasteiger partial charge is 0.363 e. The van der Waals surface area contributed by atoms with E-state index in [0.717, 1.165) is 12.6 Å². The van der Waals surface area contributed by atoms with Crippen molar-refractivity contribution in [2.45, 2.75) is 12.5 Å². The molecule has 0 radical (unpaired) electrons. The standard InChI is InChI=1S/C17H20FN7O/c1-19-16(26)13-9-3-4-10(5-9)14(13)23-15-12(18)7-20-17(24-15)22-11-6-21-25(2)8-11/h3-4,6-10,13-14H,5H2,1-2H3,(H,19,26)(H2,20,22,23,24)/t9-,10+,13+,14-/m1/s1. The molecule has 2 heterocycles. The van der Waals surface area contributed by atoms with Gasteiger partial charge in [0.2, 0.25) is 11.9 Å². The number of hydrogen-bond donors (Lipinski definition) is 3. The molecular formula is C17H20FN7O. The molecule has 0 spiro atoms. The third-order valence-electron chi connectivity index (χ3n) is 5.02. The van der Waals surface area contributed by atoms with Crippen molar-refractivity contribution in [1.29, 1.82) is 0 Å². The van der Waals surface area contributed by atoms with E-state index in [1.807, 2.05) is 0 Å². The number of halogens is 1. The first-order valence-electron chi connectivity index (χ1n) is 8.50. The van der Waals surface area contributed by atoms with Crippen LogP contribution in [0.1, 0.15) is 6.42 Å². The summed E-state index contributed by atoms with van der Waals surface area (Å²) in [5, 5.41) is 12.9. The molecular weight excluding hydrogens is 337 g/mol. The van der Waals surface area contributed by atoms with E-state index in [1.54, 1.807) is 31.2 Å². The molecule has 2 aliphatic carbocycles. The smallest absolute Gasteiger partial charge is 0.229 e. The predicted octanol–water partition coefficient (Wildman–Crippen LogP) is 1.44. The number of aromatic nitrogens is 4. The predicted molar refractivity (Wildman–Crippen MR) is 94.2 cm³/mol. The van der Waals surface area contributed by atoms with Crippen LogP contribution in [-0.4, -0.2) is 38.7 Å². The molecule has 0 aliphatic heterocycles. The van der Waals surface area contributed by atoms with Gasteiger partial charge in [-0.2, -0.15) is 10.1 Å². The summed E-state index contributed by atoms with van der Waals surface area (Å²) in [6.45, 7) is 0. The Labute approximate surface area is 149 Å². The fraction of sp³-hybridized carbons (Fsp3) is 0.412. The van der Waals surface area contributed by atoms with Crippen LogP contribution < -0.4 is 16.0 Å². The van der Waals surface area contributed by atoms with E-state index < -0.39 is 5.82 Å². The molecule has 2 aromatic rings. The number of allylic oxidation sites excluding steroid dienone is 1. The molecule has 2 aromatic heterocycles. The zero-order valence-corrected chi connectivity index (χ0v) is 14.5. The lowest BCUT2D eigenvalue weighted by Crippen LogP contribution is -2.42. The van der Waals surface area contributed by atoms with Crippen LogP contribution in [0, 0.1) is 23.6 Å². The maximum absolute atomic E-state index is 14.3. The molecule has 4 rings (SSSR count). The average Bonchev–Trinajstić information content (AvgIpc) is 3.33. The molecule has 1 amide bonds. The first kappa shape index (κ1) is 16.5. The highest BCUT2D eigenvalue weighted by Gasteiger charge is 2.48. The normalized spacial score (nSPS) is 26.1. The minimum atomic E-state index is -0.552. The molecule has 1 fully saturated rings. The number of nitrogens with zero attached hydrogens (tertiary/aromatic N) is 4. The fourth-order valence-electron chi connectivity index (χ4n) is 3.84. The van der Waals surface area contributed by atoms with Crippen LogP contribution in [0.5, 0.6) is 0 Å². The zero-order chi connectivity index (χ0) is 18.3. The summed E-state index contributed by atoms with van der Waals surface area (Å²) >= 11 is 0. The molecule has 26 heavy (non-hydrogen) atoms. The number of rotatable bonds is 5. The maximum atomic E-state index is 14.3. The van der Waals surface area contributed by atoms with Gasteiger partial charge in [0.1, 0.15) is 0 Å². The number of hydrogen-bond acceptors (Lipinski definition) is 6. The number of anilines is 3. The quantitative estimate of drug-likeness (QED) is 0.701. The lowest BCUT2D eigenvalue weighted by atomic mass is 9.88. The van der Waals surface area contributed by atoms with Crippen LogP contribution in [0.3, 0.4) is 0 Å². The molecule has 0 unspecified atom stereocenters. The van der Waals surface area contributed by atoms with E-state index >= 15 is 0 Å². The molecule has 3 N–H and O–H groups in total. The Kier molecular flexibility index (Phi) is 4.06. The highest BCUT2D eigenvalue weighted by Crippen LogP contribution is 2.45. The van der Waals surface area contributed by atoms with Crippen LogP contribution in [0.25, 0.3) is 0 Å². The maximum Gasteiger partial charge on any atom is 0.229 e. The zero-order valence-electron chi connectivity index (χ0n) is 14.5. The second-order valence-corrected chi connectivity index (χ2v) is 6.68. The van der Waals surface area contributed by atoms with Crippen molar-refractivity contribution in [3.05, 3.63) is 36.6 Å². The Hall–Kier alpha value is -2.97. The minimum Gasteiger partial charge on any atom is -0.363 e. The van der Waals surface area contributed by atoms with E-state index in [9.17, 15) is 9.18 Å². The molecule has 4 atom stereocenters. The molecule has 1 saturated carbocycles. The van der Waals surface area contributed by atoms with E-state index in [1.165, 1.54) is 0 Å². The van der Waals surface area contributed by atoms with Crippen molar-refractivity contribution in [1.82, 2.24) is 25.1 Å². The third kappa shape index (κ3) is 2.89. The highest BCUT2D eigenvalue weighted by atomic mass is 19.1. The van der Waals surface area contributed by atoms with E-state index in [-0.39, 0.29) is 41.5 Å². The van der Waals surface area contributed by atoms with Crippen LogP contribution in [0.2, 0.25) is 0 Å². The summed E-state index contributed by atoms with van der Waals surface area (Å²) in [7, 11) is 3.42. The van der Waals surface area contributed by atoms with Gasteiger partial charge in [0.25, 0.3) is 0 Å². The second-order valence-electron chi connectivity index (χ2n) is 6.68. The van der Waals surface area contributed by atoms with E-state index in [2.05, 4.69) is 43.2 Å². The van der Waals surface area contributed by atoms with Gasteiger partial charge in [0.05, 0.1) is 24.0 Å². The summed E-state index contributed by atoms with van der Waals surface area (Å²) in [4.78, 5) is 20.5. The summed E-state index contributed by atoms with van der Waals surface area (Å²) in [6.07, 6.45) is 9.57. The van der Waals surface area contributed by atoms with Gasteiger partial charge in [0.15, 0.2) is 11.6 Å². The number of fused-ring (bicyclic) bond motifs is 2. The van der Waals surface area contributed by atoms with Gasteiger partial charge in [0, 0.05) is 26.3 Å². The molecule has 8 nitrogen and oxygen atoms in total. The van der Waals surface area contributed by atoms with Gasteiger partial charge in [-0.1, -0.05) is 12.2 Å². The van der Waals surface area contributed by atoms with Crippen molar-refractivity contribution in [3.63, 3.8) is 0 Å². The van der Waals surface area contributed by atoms with Crippen LogP contribution >= 0.6 is 0 Å². The molecule has 9 heteroatoms. The summed E-state index contributed by atoms with van der Waals surface area (Å²) in [5.74, 6) is -0.115. The Morgan fingerprint density at radius 2 is 2.12 bits per heavy atom. The highest BCUT2D eigenvalue weighted by molar-refractivity contribution is 5.81. The number of amides is 1. The lowest BCUT2D eigenvalue weighted by molar-refractivity contribution is -0.125. The SMILES string of the molecule is CNC(=O)[C@@H]1[C@H](Nc2nc(Nc3cnn(C)c3)ncc2F)[C@H]2C=C[C@@H]1C2. The van der Waals surface area contributed by atoms with Crippen molar-refractivity contribution in [2.75, 3.05) is 17.7 Å². The van der Waals surface area contributed by atoms with Gasteiger partial charge in [-0.25, -0.2) is 9.37 Å². The monoisotopic (exact) mass is 357 g/mol. The van der Waals surface area contributed by atoms with Crippen molar-refractivity contribution in [2.24, 2.45) is 24.8 Å². The number of aryl methyl sites for hydroxylation is 1. The van der Waals surface area contributed by atoms with E-state index in [0.29, 0.717) is 5.69 Å². The van der Waals surface area contributed by atoms with Gasteiger partial charge in [-0.05, 0) is 18.3 Å². The third-order valence-corrected chi connectivity index (χ3v) is 5.02. The summed E-state index contributed by atoms with van der Waals surface area (Å²) in [5.41, 5.74) is 0.705. The van der Waals surface area contributed by atoms with Crippen molar-refractivity contribution >= 4 is 23.4 Å². The number of carbonyl (C=O) groups excluding carboxylic acids is 1. The van der Waals surface area contributed by atoms with Gasteiger partial charge < -0.3 is 16.0 Å². The Bertz CT molecular complexity index is 865. The second kappa shape index (κ2) is 6.40. The number of nitrogens with one attached hydrogen (secondary N) is 3. The average molecular weight is 357 g/mol. The minimum absolute atomic E-state index is 0.0393.